The summed E-state index contributed by atoms with van der Waals surface area (Å²) in [5.74, 6) is 3.19. The van der Waals surface area contributed by atoms with Gasteiger partial charge in [0.1, 0.15) is 11.4 Å². The molecule has 31 heavy (non-hydrogen) atoms. The molecular formula is C27H40O3Si. The number of aryl methyl sites for hydroxylation is 1. The van der Waals surface area contributed by atoms with E-state index >= 15 is 0 Å². The fourth-order valence-electron chi connectivity index (χ4n) is 7.36. The summed E-state index contributed by atoms with van der Waals surface area (Å²) in [6.45, 7) is 14.0. The number of ether oxygens (including phenoxy) is 1. The van der Waals surface area contributed by atoms with Crippen LogP contribution in [-0.2, 0) is 16.0 Å². The molecule has 0 unspecified atom stereocenters. The third kappa shape index (κ3) is 3.14. The van der Waals surface area contributed by atoms with Crippen LogP contribution >= 0.6 is 0 Å². The molecule has 0 aromatic heterocycles. The normalized spacial score (nSPS) is 37.2. The smallest absolute Gasteiger partial charge is 0.306 e. The van der Waals surface area contributed by atoms with Crippen molar-refractivity contribution >= 4 is 14.3 Å². The minimum absolute atomic E-state index is 0.0345. The molecule has 0 bridgehead atoms. The molecule has 1 heterocycles. The van der Waals surface area contributed by atoms with Gasteiger partial charge in [0.15, 0.2) is 0 Å². The highest BCUT2D eigenvalue weighted by Gasteiger charge is 2.65. The van der Waals surface area contributed by atoms with E-state index in [2.05, 4.69) is 59.0 Å². The van der Waals surface area contributed by atoms with Crippen LogP contribution in [0, 0.1) is 17.3 Å². The molecule has 0 amide bonds. The third-order valence-electron chi connectivity index (χ3n) is 10.2. The molecular weight excluding hydrogens is 400 g/mol. The average molecular weight is 441 g/mol. The summed E-state index contributed by atoms with van der Waals surface area (Å²) in [6, 6.07) is 6.98. The number of hydrogen-bond donors (Lipinski definition) is 0. The summed E-state index contributed by atoms with van der Waals surface area (Å²) < 4.78 is 12.7. The van der Waals surface area contributed by atoms with Crippen molar-refractivity contribution in [1.82, 2.24) is 0 Å². The SMILES string of the molecule is CC(C)(C)[Si](C)(C)Oc1ccc2c(c1)CC[C@@H]1[C@@H]2CC[C@@]2(C)[C@H]1CC[C@@]21CCC(=O)O1. The number of carbonyl (C=O) groups excluding carboxylic acids is 1. The van der Waals surface area contributed by atoms with E-state index in [0.717, 1.165) is 30.9 Å². The van der Waals surface area contributed by atoms with Crippen molar-refractivity contribution in [2.75, 3.05) is 0 Å². The Balaban J connectivity index is 1.39. The van der Waals surface area contributed by atoms with E-state index < -0.39 is 8.32 Å². The molecule has 3 fully saturated rings. The molecule has 1 aromatic rings. The molecule has 3 aliphatic carbocycles. The summed E-state index contributed by atoms with van der Waals surface area (Å²) in [5, 5.41) is 0.212. The van der Waals surface area contributed by atoms with Gasteiger partial charge in [0.05, 0.1) is 0 Å². The maximum Gasteiger partial charge on any atom is 0.306 e. The van der Waals surface area contributed by atoms with Gasteiger partial charge in [0.2, 0.25) is 8.32 Å². The highest BCUT2D eigenvalue weighted by molar-refractivity contribution is 6.74. The van der Waals surface area contributed by atoms with Gasteiger partial charge in [-0.05, 0) is 104 Å². The number of hydrogen-bond acceptors (Lipinski definition) is 3. The maximum atomic E-state index is 12.0. The molecule has 3 nitrogen and oxygen atoms in total. The Morgan fingerprint density at radius 2 is 1.84 bits per heavy atom. The second kappa shape index (κ2) is 6.85. The van der Waals surface area contributed by atoms with Gasteiger partial charge in [-0.2, -0.15) is 0 Å². The number of carbonyl (C=O) groups is 1. The summed E-state index contributed by atoms with van der Waals surface area (Å²) >= 11 is 0. The third-order valence-corrected chi connectivity index (χ3v) is 14.6. The van der Waals surface area contributed by atoms with Crippen molar-refractivity contribution in [3.05, 3.63) is 29.3 Å². The largest absolute Gasteiger partial charge is 0.543 e. The van der Waals surface area contributed by atoms with Gasteiger partial charge in [0, 0.05) is 11.8 Å². The molecule has 4 aliphatic rings. The minimum Gasteiger partial charge on any atom is -0.543 e. The van der Waals surface area contributed by atoms with Crippen molar-refractivity contribution in [3.8, 4) is 5.75 Å². The van der Waals surface area contributed by atoms with Crippen LogP contribution in [-0.4, -0.2) is 19.9 Å². The lowest BCUT2D eigenvalue weighted by atomic mass is 9.53. The standard InChI is InChI=1S/C27H40O3Si/c1-25(2,3)31(5,6)30-19-8-10-20-18(17-19)7-9-22-21(20)11-14-26(4)23(22)12-15-27(26)16-13-24(28)29-27/h8,10,17,21-23H,7,9,11-16H2,1-6H3/t21-,22-,23+,26+,27-/m1/s1. The van der Waals surface area contributed by atoms with Gasteiger partial charge < -0.3 is 9.16 Å². The van der Waals surface area contributed by atoms with Gasteiger partial charge in [-0.1, -0.05) is 33.8 Å². The Bertz CT molecular complexity index is 900. The molecule has 170 valence electrons. The Morgan fingerprint density at radius 3 is 2.52 bits per heavy atom. The second-order valence-electron chi connectivity index (χ2n) is 12.6. The fourth-order valence-corrected chi connectivity index (χ4v) is 8.39. The molecule has 5 rings (SSSR count). The van der Waals surface area contributed by atoms with Gasteiger partial charge >= 0.3 is 5.97 Å². The predicted molar refractivity (Wildman–Crippen MR) is 127 cm³/mol. The van der Waals surface area contributed by atoms with Gasteiger partial charge in [0.25, 0.3) is 0 Å². The van der Waals surface area contributed by atoms with Gasteiger partial charge in [-0.15, -0.1) is 0 Å². The number of fused-ring (bicyclic) bond motifs is 6. The van der Waals surface area contributed by atoms with Crippen molar-refractivity contribution in [2.24, 2.45) is 17.3 Å². The summed E-state index contributed by atoms with van der Waals surface area (Å²) in [7, 11) is -1.82. The molecule has 1 aliphatic heterocycles. The van der Waals surface area contributed by atoms with E-state index in [4.69, 9.17) is 9.16 Å². The lowest BCUT2D eigenvalue weighted by Crippen LogP contribution is -2.50. The van der Waals surface area contributed by atoms with Crippen LogP contribution in [0.5, 0.6) is 5.75 Å². The second-order valence-corrected chi connectivity index (χ2v) is 17.3. The zero-order valence-corrected chi connectivity index (χ0v) is 21.3. The lowest BCUT2D eigenvalue weighted by Gasteiger charge is -2.53. The Kier molecular flexibility index (Phi) is 4.76. The molecule has 1 aromatic carbocycles. The first-order valence-corrected chi connectivity index (χ1v) is 15.4. The zero-order valence-electron chi connectivity index (χ0n) is 20.3. The molecule has 1 spiro atoms. The van der Waals surface area contributed by atoms with Gasteiger partial charge in [-0.3, -0.25) is 4.79 Å². The van der Waals surface area contributed by atoms with E-state index in [1.807, 2.05) is 0 Å². The van der Waals surface area contributed by atoms with E-state index in [9.17, 15) is 4.79 Å². The summed E-state index contributed by atoms with van der Waals surface area (Å²) in [5.41, 5.74) is 3.09. The topological polar surface area (TPSA) is 35.5 Å². The molecule has 0 radical (unpaired) electrons. The number of rotatable bonds is 2. The van der Waals surface area contributed by atoms with Crippen LogP contribution in [0.25, 0.3) is 0 Å². The predicted octanol–water partition coefficient (Wildman–Crippen LogP) is 7.00. The first kappa shape index (κ1) is 21.5. The van der Waals surface area contributed by atoms with Crippen LogP contribution in [0.1, 0.15) is 89.7 Å². The first-order valence-electron chi connectivity index (χ1n) is 12.5. The van der Waals surface area contributed by atoms with Gasteiger partial charge in [-0.25, -0.2) is 0 Å². The van der Waals surface area contributed by atoms with Crippen molar-refractivity contribution in [1.29, 1.82) is 0 Å². The summed E-state index contributed by atoms with van der Waals surface area (Å²) in [6.07, 6.45) is 8.72. The van der Waals surface area contributed by atoms with Crippen LogP contribution in [0.2, 0.25) is 18.1 Å². The Labute approximate surface area is 189 Å². The first-order chi connectivity index (χ1) is 14.5. The van der Waals surface area contributed by atoms with E-state index in [-0.39, 0.29) is 22.0 Å². The lowest BCUT2D eigenvalue weighted by molar-refractivity contribution is -0.163. The monoisotopic (exact) mass is 440 g/mol. The quantitative estimate of drug-likeness (QED) is 0.367. The Morgan fingerprint density at radius 1 is 1.06 bits per heavy atom. The van der Waals surface area contributed by atoms with Crippen LogP contribution in [0.15, 0.2) is 18.2 Å². The highest BCUT2D eigenvalue weighted by atomic mass is 28.4. The fraction of sp³-hybridized carbons (Fsp3) is 0.741. The van der Waals surface area contributed by atoms with Crippen molar-refractivity contribution < 1.29 is 14.0 Å². The maximum absolute atomic E-state index is 12.0. The van der Waals surface area contributed by atoms with Crippen LogP contribution in [0.3, 0.4) is 0 Å². The molecule has 2 saturated carbocycles. The van der Waals surface area contributed by atoms with Crippen molar-refractivity contribution in [3.63, 3.8) is 0 Å². The molecule has 0 N–H and O–H groups in total. The molecule has 5 atom stereocenters. The summed E-state index contributed by atoms with van der Waals surface area (Å²) in [4.78, 5) is 12.0. The van der Waals surface area contributed by atoms with Crippen LogP contribution < -0.4 is 4.43 Å². The molecule has 1 saturated heterocycles. The van der Waals surface area contributed by atoms with Crippen LogP contribution in [0.4, 0.5) is 0 Å². The van der Waals surface area contributed by atoms with E-state index in [1.54, 1.807) is 5.56 Å². The van der Waals surface area contributed by atoms with E-state index in [1.165, 1.54) is 31.2 Å². The Hall–Kier alpha value is -1.29. The highest BCUT2D eigenvalue weighted by Crippen LogP contribution is 2.67. The van der Waals surface area contributed by atoms with Crippen molar-refractivity contribution in [2.45, 2.75) is 109 Å². The molecule has 4 heteroatoms. The zero-order chi connectivity index (χ0) is 22.2. The average Bonchev–Trinajstić information content (AvgIpc) is 3.21. The minimum atomic E-state index is -1.82. The number of benzene rings is 1. The van der Waals surface area contributed by atoms with E-state index in [0.29, 0.717) is 18.3 Å². The number of esters is 1.